The monoisotopic (exact) mass is 317 g/mol. The molecule has 3 rings (SSSR count). The zero-order chi connectivity index (χ0) is 16.7. The summed E-state index contributed by atoms with van der Waals surface area (Å²) >= 11 is 0. The average molecular weight is 317 g/mol. The second-order valence-electron chi connectivity index (χ2n) is 6.51. The summed E-state index contributed by atoms with van der Waals surface area (Å²) in [5, 5.41) is 12.1. The number of rotatable bonds is 2. The van der Waals surface area contributed by atoms with Crippen molar-refractivity contribution in [3.63, 3.8) is 0 Å². The second-order valence-corrected chi connectivity index (χ2v) is 6.51. The SMILES string of the molecule is CNC(=O)[C@H]1C[C@@H]2CN(C(=O)c3ccc(O)cc3)C(C)[C@H]1N2C. The Morgan fingerprint density at radius 1 is 1.26 bits per heavy atom. The Balaban J connectivity index is 1.85. The minimum absolute atomic E-state index is 0.0368. The zero-order valence-electron chi connectivity index (χ0n) is 13.7. The first-order chi connectivity index (χ1) is 10.9. The number of likely N-dealkylation sites (N-methyl/N-ethyl adjacent to an activating group) is 1. The van der Waals surface area contributed by atoms with Gasteiger partial charge in [-0.1, -0.05) is 0 Å². The molecule has 0 saturated carbocycles. The fraction of sp³-hybridized carbons (Fsp3) is 0.529. The highest BCUT2D eigenvalue weighted by Gasteiger charge is 2.51. The van der Waals surface area contributed by atoms with Gasteiger partial charge in [0.1, 0.15) is 5.75 Å². The lowest BCUT2D eigenvalue weighted by Gasteiger charge is -2.44. The highest BCUT2D eigenvalue weighted by Crippen LogP contribution is 2.38. The van der Waals surface area contributed by atoms with Crippen LogP contribution in [0.1, 0.15) is 23.7 Å². The van der Waals surface area contributed by atoms with E-state index >= 15 is 0 Å². The smallest absolute Gasteiger partial charge is 0.254 e. The van der Waals surface area contributed by atoms with Crippen molar-refractivity contribution in [3.05, 3.63) is 29.8 Å². The number of aromatic hydroxyl groups is 1. The van der Waals surface area contributed by atoms with E-state index in [2.05, 4.69) is 10.2 Å². The lowest BCUT2D eigenvalue weighted by molar-refractivity contribution is -0.125. The van der Waals surface area contributed by atoms with Crippen LogP contribution in [-0.4, -0.2) is 65.5 Å². The Morgan fingerprint density at radius 2 is 1.91 bits per heavy atom. The van der Waals surface area contributed by atoms with Gasteiger partial charge in [-0.25, -0.2) is 0 Å². The maximum absolute atomic E-state index is 12.8. The van der Waals surface area contributed by atoms with Gasteiger partial charge in [0.2, 0.25) is 5.91 Å². The molecule has 2 fully saturated rings. The van der Waals surface area contributed by atoms with Crippen molar-refractivity contribution >= 4 is 11.8 Å². The number of hydrogen-bond acceptors (Lipinski definition) is 4. The minimum Gasteiger partial charge on any atom is -0.508 e. The van der Waals surface area contributed by atoms with Crippen molar-refractivity contribution in [2.75, 3.05) is 20.6 Å². The number of hydrogen-bond donors (Lipinski definition) is 2. The van der Waals surface area contributed by atoms with Gasteiger partial charge in [-0.3, -0.25) is 14.5 Å². The van der Waals surface area contributed by atoms with Crippen molar-refractivity contribution in [3.8, 4) is 5.75 Å². The van der Waals surface area contributed by atoms with E-state index in [4.69, 9.17) is 0 Å². The highest BCUT2D eigenvalue weighted by atomic mass is 16.3. The number of piperazine rings is 1. The summed E-state index contributed by atoms with van der Waals surface area (Å²) in [6.07, 6.45) is 0.782. The van der Waals surface area contributed by atoms with Crippen LogP contribution in [0.15, 0.2) is 24.3 Å². The number of nitrogens with zero attached hydrogens (tertiary/aromatic N) is 2. The average Bonchev–Trinajstić information content (AvgIpc) is 2.78. The molecule has 2 N–H and O–H groups in total. The number of carbonyl (C=O) groups excluding carboxylic acids is 2. The van der Waals surface area contributed by atoms with E-state index in [0.717, 1.165) is 6.42 Å². The van der Waals surface area contributed by atoms with E-state index in [9.17, 15) is 14.7 Å². The van der Waals surface area contributed by atoms with E-state index in [1.54, 1.807) is 19.2 Å². The summed E-state index contributed by atoms with van der Waals surface area (Å²) < 4.78 is 0. The van der Waals surface area contributed by atoms with Crippen LogP contribution in [-0.2, 0) is 4.79 Å². The molecule has 2 aliphatic rings. The topological polar surface area (TPSA) is 72.9 Å². The summed E-state index contributed by atoms with van der Waals surface area (Å²) in [5.74, 6) is 0.0728. The predicted octanol–water partition coefficient (Wildman–Crippen LogP) is 0.671. The molecule has 2 heterocycles. The normalized spacial score (nSPS) is 30.3. The molecule has 1 unspecified atom stereocenters. The fourth-order valence-corrected chi connectivity index (χ4v) is 4.07. The number of fused-ring (bicyclic) bond motifs is 2. The lowest BCUT2D eigenvalue weighted by atomic mass is 9.93. The van der Waals surface area contributed by atoms with Gasteiger partial charge >= 0.3 is 0 Å². The Bertz CT molecular complexity index is 616. The van der Waals surface area contributed by atoms with Crippen molar-refractivity contribution in [2.24, 2.45) is 5.92 Å². The Kier molecular flexibility index (Phi) is 4.02. The second kappa shape index (κ2) is 5.85. The molecule has 2 saturated heterocycles. The van der Waals surface area contributed by atoms with E-state index < -0.39 is 0 Å². The molecule has 2 bridgehead atoms. The molecule has 2 amide bonds. The third-order valence-electron chi connectivity index (χ3n) is 5.34. The standard InChI is InChI=1S/C17H23N3O3/c1-10-15-14(16(22)18-2)8-12(19(15)3)9-20(10)17(23)11-4-6-13(21)7-5-11/h4-7,10,12,14-15,21H,8-9H2,1-3H3,(H,18,22)/t10?,12-,14+,15-/m1/s1. The van der Waals surface area contributed by atoms with Crippen LogP contribution in [0, 0.1) is 5.92 Å². The largest absolute Gasteiger partial charge is 0.508 e. The third-order valence-corrected chi connectivity index (χ3v) is 5.34. The zero-order valence-corrected chi connectivity index (χ0v) is 13.7. The van der Waals surface area contributed by atoms with Gasteiger partial charge in [0, 0.05) is 37.3 Å². The first-order valence-corrected chi connectivity index (χ1v) is 7.97. The number of likely N-dealkylation sites (tertiary alicyclic amines) is 1. The quantitative estimate of drug-likeness (QED) is 0.841. The van der Waals surface area contributed by atoms with Gasteiger partial charge in [-0.15, -0.1) is 0 Å². The summed E-state index contributed by atoms with van der Waals surface area (Å²) in [5.41, 5.74) is 0.565. The molecule has 4 atom stereocenters. The summed E-state index contributed by atoms with van der Waals surface area (Å²) in [6.45, 7) is 2.64. The summed E-state index contributed by atoms with van der Waals surface area (Å²) in [6, 6.07) is 6.53. The van der Waals surface area contributed by atoms with Crippen LogP contribution >= 0.6 is 0 Å². The van der Waals surface area contributed by atoms with Crippen LogP contribution in [0.4, 0.5) is 0 Å². The molecule has 23 heavy (non-hydrogen) atoms. The summed E-state index contributed by atoms with van der Waals surface area (Å²) in [7, 11) is 3.70. The number of phenolic OH excluding ortho intramolecular Hbond substituents is 1. The van der Waals surface area contributed by atoms with Crippen LogP contribution < -0.4 is 5.32 Å². The minimum atomic E-state index is -0.0809. The Labute approximate surface area is 136 Å². The third kappa shape index (κ3) is 2.57. The lowest BCUT2D eigenvalue weighted by Crippen LogP contribution is -2.60. The van der Waals surface area contributed by atoms with E-state index in [0.29, 0.717) is 12.1 Å². The maximum Gasteiger partial charge on any atom is 0.254 e. The van der Waals surface area contributed by atoms with Crippen LogP contribution in [0.5, 0.6) is 5.75 Å². The molecule has 0 aliphatic carbocycles. The van der Waals surface area contributed by atoms with Crippen LogP contribution in [0.25, 0.3) is 0 Å². The fourth-order valence-electron chi connectivity index (χ4n) is 4.07. The van der Waals surface area contributed by atoms with Crippen molar-refractivity contribution in [1.29, 1.82) is 0 Å². The molecular formula is C17H23N3O3. The number of amides is 2. The Morgan fingerprint density at radius 3 is 2.52 bits per heavy atom. The van der Waals surface area contributed by atoms with Crippen LogP contribution in [0.3, 0.4) is 0 Å². The number of carbonyl (C=O) groups is 2. The first-order valence-electron chi connectivity index (χ1n) is 7.97. The van der Waals surface area contributed by atoms with Gasteiger partial charge in [-0.2, -0.15) is 0 Å². The molecule has 2 aliphatic heterocycles. The highest BCUT2D eigenvalue weighted by molar-refractivity contribution is 5.95. The Hall–Kier alpha value is -2.08. The van der Waals surface area contributed by atoms with Gasteiger partial charge < -0.3 is 15.3 Å². The number of phenols is 1. The molecule has 0 spiro atoms. The van der Waals surface area contributed by atoms with E-state index in [1.807, 2.05) is 18.9 Å². The van der Waals surface area contributed by atoms with Gasteiger partial charge in [0.25, 0.3) is 5.91 Å². The van der Waals surface area contributed by atoms with E-state index in [1.165, 1.54) is 12.1 Å². The molecule has 1 aromatic carbocycles. The summed E-state index contributed by atoms with van der Waals surface area (Å²) in [4.78, 5) is 29.1. The first kappa shape index (κ1) is 15.8. The van der Waals surface area contributed by atoms with Crippen LogP contribution in [0.2, 0.25) is 0 Å². The molecular weight excluding hydrogens is 294 g/mol. The molecule has 0 radical (unpaired) electrons. The van der Waals surface area contributed by atoms with Gasteiger partial charge in [0.05, 0.1) is 5.92 Å². The molecule has 6 heteroatoms. The predicted molar refractivity (Wildman–Crippen MR) is 86.1 cm³/mol. The van der Waals surface area contributed by atoms with Gasteiger partial charge in [0.15, 0.2) is 0 Å². The van der Waals surface area contributed by atoms with Crippen molar-refractivity contribution in [1.82, 2.24) is 15.1 Å². The van der Waals surface area contributed by atoms with Gasteiger partial charge in [-0.05, 0) is 44.7 Å². The molecule has 124 valence electrons. The number of benzene rings is 1. The molecule has 1 aromatic rings. The van der Waals surface area contributed by atoms with Crippen molar-refractivity contribution in [2.45, 2.75) is 31.5 Å². The maximum atomic E-state index is 12.8. The van der Waals surface area contributed by atoms with Crippen molar-refractivity contribution < 1.29 is 14.7 Å². The van der Waals surface area contributed by atoms with E-state index in [-0.39, 0.29) is 41.6 Å². The molecule has 6 nitrogen and oxygen atoms in total. The number of nitrogens with one attached hydrogen (secondary N) is 1. The molecule has 0 aromatic heterocycles.